The van der Waals surface area contributed by atoms with Crippen LogP contribution in [0.25, 0.3) is 11.5 Å². The average molecular weight is 1110 g/mol. The van der Waals surface area contributed by atoms with Crippen molar-refractivity contribution in [1.29, 1.82) is 0 Å². The predicted molar refractivity (Wildman–Crippen MR) is 283 cm³/mol. The van der Waals surface area contributed by atoms with Crippen LogP contribution in [0.4, 0.5) is 4.79 Å². The van der Waals surface area contributed by atoms with E-state index in [1.807, 2.05) is 36.4 Å². The zero-order valence-corrected chi connectivity index (χ0v) is 44.5. The fourth-order valence-electron chi connectivity index (χ4n) is 13.1. The van der Waals surface area contributed by atoms with Gasteiger partial charge in [-0.3, -0.25) is 33.8 Å². The molecule has 0 aliphatic heterocycles. The van der Waals surface area contributed by atoms with Gasteiger partial charge in [-0.05, 0) is 79.6 Å². The topological polar surface area (TPSA) is 350 Å². The Hall–Kier alpha value is -8.67. The van der Waals surface area contributed by atoms with Gasteiger partial charge in [0.25, 0.3) is 11.8 Å². The summed E-state index contributed by atoms with van der Waals surface area (Å²) < 4.78 is 23.1. The number of aromatic nitrogens is 1. The molecule has 0 radical (unpaired) electrons. The Morgan fingerprint density at radius 2 is 1.15 bits per heavy atom. The Morgan fingerprint density at radius 3 is 1.68 bits per heavy atom. The molecule has 6 aliphatic rings. The zero-order valence-electron chi connectivity index (χ0n) is 44.5. The summed E-state index contributed by atoms with van der Waals surface area (Å²) in [6.45, 7) is 3.31. The molecule has 22 nitrogen and oxygen atoms in total. The Labute approximate surface area is 462 Å². The fourth-order valence-corrected chi connectivity index (χ4v) is 13.1. The first-order valence-corrected chi connectivity index (χ1v) is 25.8. The number of aliphatic hydroxyl groups is 6. The number of benzene rings is 4. The van der Waals surface area contributed by atoms with Crippen LogP contribution in [0.1, 0.15) is 81.2 Å². The third-order valence-corrected chi connectivity index (χ3v) is 16.8. The van der Waals surface area contributed by atoms with E-state index in [4.69, 9.17) is 24.5 Å². The average Bonchev–Trinajstić information content (AvgIpc) is 1.77. The molecule has 12 atom stereocenters. The van der Waals surface area contributed by atoms with Crippen LogP contribution < -0.4 is 10.5 Å². The highest BCUT2D eigenvalue weighted by Crippen LogP contribution is 2.60. The number of Topliss-reactive ketones (excluding diaryl/α,β-unsaturated/α-hetero) is 4. The number of carbonyl (C=O) groups excluding carboxylic acids is 6. The molecule has 6 aliphatic carbocycles. The van der Waals surface area contributed by atoms with Crippen molar-refractivity contribution < 1.29 is 88.4 Å². The van der Waals surface area contributed by atoms with Gasteiger partial charge >= 0.3 is 6.16 Å². The second-order valence-electron chi connectivity index (χ2n) is 21.6. The molecule has 11 rings (SSSR count). The van der Waals surface area contributed by atoms with Crippen LogP contribution in [-0.4, -0.2) is 149 Å². The molecular weight excluding hydrogens is 1050 g/mol. The normalized spacial score (nSPS) is 29.1. The number of rotatable bonds is 9. The Balaban J connectivity index is 0.000000199. The lowest BCUT2D eigenvalue weighted by molar-refractivity contribution is -0.169. The largest absolute Gasteiger partial charge is 0.508 e. The van der Waals surface area contributed by atoms with Crippen LogP contribution in [0.5, 0.6) is 17.4 Å². The third kappa shape index (κ3) is 8.38. The maximum atomic E-state index is 14.7. The van der Waals surface area contributed by atoms with Gasteiger partial charge in [0.15, 0.2) is 22.7 Å². The minimum absolute atomic E-state index is 0.00739. The lowest BCUT2D eigenvalue weighted by Gasteiger charge is -2.53. The number of carbonyl (C=O) groups is 6. The number of phenols is 2. The molecule has 1 amide bonds. The molecule has 422 valence electrons. The monoisotopic (exact) mass is 1110 g/mol. The molecule has 4 aromatic carbocycles. The summed E-state index contributed by atoms with van der Waals surface area (Å²) in [5, 5.41) is 93.9. The summed E-state index contributed by atoms with van der Waals surface area (Å²) in [6.07, 6.45) is -4.12. The molecule has 1 heterocycles. The number of aliphatic hydroxyl groups excluding tert-OH is 4. The van der Waals surface area contributed by atoms with Crippen molar-refractivity contribution in [2.45, 2.75) is 74.4 Å². The SMILES string of the molecule is C[C@H]1c2cccc(O)c2C(O)=C2C(=O)[C@]3(O)C(=O)c4c(OCc5ccccc5)noc4[C@@H](N(C)C)[C@@H]3[C@@H](OC(=O)OCc3ccccc3)[C@@H]21.C[C@H]1c2cccc(O)c2C(O)=C2C(=O)[C@]3(O)C(O)=C(C(N)=O)C(=O)[C@@H](N(C)C)[C@@H]3[C@@H](O)[C@@H]21. The second kappa shape index (κ2) is 20.5. The number of phenolic OH excluding ortho intramolecular Hbond substituents is 2. The molecule has 2 saturated carbocycles. The first kappa shape index (κ1) is 55.6. The fraction of sp³-hybridized carbons (Fsp3) is 0.339. The number of fused-ring (bicyclic) bond motifs is 7. The van der Waals surface area contributed by atoms with Gasteiger partial charge in [0.05, 0.1) is 41.2 Å². The van der Waals surface area contributed by atoms with Gasteiger partial charge in [0, 0.05) is 23.0 Å². The molecule has 1 aromatic heterocycles. The maximum absolute atomic E-state index is 14.7. The number of hydrogen-bond donors (Lipinski definition) is 9. The number of hydrogen-bond acceptors (Lipinski definition) is 21. The molecule has 5 aromatic rings. The van der Waals surface area contributed by atoms with Gasteiger partial charge in [-0.1, -0.05) is 98.8 Å². The van der Waals surface area contributed by atoms with Crippen molar-refractivity contribution >= 4 is 46.7 Å². The smallest absolute Gasteiger partial charge is 0.508 e. The van der Waals surface area contributed by atoms with E-state index in [-0.39, 0.29) is 58.6 Å². The number of aromatic hydroxyl groups is 2. The van der Waals surface area contributed by atoms with Crippen molar-refractivity contribution in [3.05, 3.63) is 164 Å². The first-order valence-electron chi connectivity index (χ1n) is 25.8. The Morgan fingerprint density at radius 1 is 0.642 bits per heavy atom. The van der Waals surface area contributed by atoms with E-state index < -0.39 is 135 Å². The number of primary amides is 1. The van der Waals surface area contributed by atoms with E-state index in [2.05, 4.69) is 5.16 Å². The highest BCUT2D eigenvalue weighted by Gasteiger charge is 2.72. The lowest BCUT2D eigenvalue weighted by Crippen LogP contribution is -2.70. The van der Waals surface area contributed by atoms with Crippen molar-refractivity contribution in [2.24, 2.45) is 29.4 Å². The summed E-state index contributed by atoms with van der Waals surface area (Å²) >= 11 is 0. The molecular formula is C59H58N4O18. The van der Waals surface area contributed by atoms with Crippen molar-refractivity contribution in [3.8, 4) is 17.4 Å². The maximum Gasteiger partial charge on any atom is 0.508 e. The number of ketones is 4. The highest BCUT2D eigenvalue weighted by atomic mass is 16.7. The Bertz CT molecular complexity index is 3550. The molecule has 0 unspecified atom stereocenters. The number of nitrogens with zero attached hydrogens (tertiary/aromatic N) is 3. The van der Waals surface area contributed by atoms with Gasteiger partial charge in [-0.15, -0.1) is 0 Å². The first-order chi connectivity index (χ1) is 38.4. The van der Waals surface area contributed by atoms with Crippen LogP contribution in [0.3, 0.4) is 0 Å². The van der Waals surface area contributed by atoms with Gasteiger partial charge in [-0.2, -0.15) is 0 Å². The second-order valence-corrected chi connectivity index (χ2v) is 21.6. The quantitative estimate of drug-likeness (QED) is 0.0553. The number of nitrogens with two attached hydrogens (primary N) is 1. The molecule has 0 saturated heterocycles. The molecule has 0 bridgehead atoms. The van der Waals surface area contributed by atoms with Gasteiger partial charge in [0.2, 0.25) is 17.3 Å². The van der Waals surface area contributed by atoms with Crippen LogP contribution in [0.15, 0.2) is 124 Å². The van der Waals surface area contributed by atoms with E-state index in [9.17, 15) is 69.6 Å². The Kier molecular flexibility index (Phi) is 14.1. The van der Waals surface area contributed by atoms with E-state index in [1.165, 1.54) is 31.1 Å². The van der Waals surface area contributed by atoms with Crippen LogP contribution in [-0.2, 0) is 41.9 Å². The highest BCUT2D eigenvalue weighted by molar-refractivity contribution is 6.27. The van der Waals surface area contributed by atoms with E-state index in [0.29, 0.717) is 16.7 Å². The summed E-state index contributed by atoms with van der Waals surface area (Å²) in [4.78, 5) is 84.3. The van der Waals surface area contributed by atoms with E-state index >= 15 is 0 Å². The lowest BCUT2D eigenvalue weighted by atomic mass is 9.54. The van der Waals surface area contributed by atoms with Crippen LogP contribution >= 0.6 is 0 Å². The number of likely N-dealkylation sites (N-methyl/N-ethyl adjacent to an activating group) is 1. The summed E-state index contributed by atoms with van der Waals surface area (Å²) in [5.74, 6) is -15.3. The van der Waals surface area contributed by atoms with E-state index in [1.54, 1.807) is 81.4 Å². The third-order valence-electron chi connectivity index (χ3n) is 16.8. The van der Waals surface area contributed by atoms with Gasteiger partial charge in [0.1, 0.15) is 59.2 Å². The summed E-state index contributed by atoms with van der Waals surface area (Å²) in [6, 6.07) is 24.8. The molecule has 0 spiro atoms. The standard InChI is InChI=1S/C37H34N2O10.C22H24N2O8/c1-19-22-15-10-16-23(40)25(22)30(41)26-24(19)31(48-36(44)47-18-21-13-8-5-9-14-21)28-29(39(2)3)32-27(34(43)37(28,45)33(26)42)35(38-49-32)46-17-20-11-6-4-7-12-20;1-7-8-5-4-6-9(25)11(8)16(26)12-10(7)17(27)14-15(24(2)3)18(28)13(21(23)31)20(30)22(14,32)19(12)29/h4-16,19,24,28-29,31,40-41,45H,17-18H2,1-3H3;4-7,10,14-15,17,25-27,30,32H,1-3H3,(H2,23,31)/t19-,24+,28+,29-,31-,37-;7-,10+,14+,15-,17-,22-/m00/s1. The van der Waals surface area contributed by atoms with E-state index in [0.717, 1.165) is 5.56 Å². The van der Waals surface area contributed by atoms with Crippen LogP contribution in [0, 0.1) is 23.7 Å². The zero-order chi connectivity index (χ0) is 58.5. The van der Waals surface area contributed by atoms with Crippen molar-refractivity contribution in [2.75, 3.05) is 28.2 Å². The van der Waals surface area contributed by atoms with Crippen LogP contribution in [0.2, 0.25) is 0 Å². The molecule has 10 N–H and O–H groups in total. The van der Waals surface area contributed by atoms with Crippen molar-refractivity contribution in [1.82, 2.24) is 15.0 Å². The van der Waals surface area contributed by atoms with Gasteiger partial charge in [-0.25, -0.2) is 4.79 Å². The summed E-state index contributed by atoms with van der Waals surface area (Å²) in [5.41, 5.74) is -0.0656. The van der Waals surface area contributed by atoms with Crippen molar-refractivity contribution in [3.63, 3.8) is 0 Å². The molecule has 22 heteroatoms. The molecule has 2 fully saturated rings. The predicted octanol–water partition coefficient (Wildman–Crippen LogP) is 4.61. The molecule has 81 heavy (non-hydrogen) atoms. The number of amides is 1. The minimum Gasteiger partial charge on any atom is -0.508 e. The minimum atomic E-state index is -2.89. The summed E-state index contributed by atoms with van der Waals surface area (Å²) in [7, 11) is 6.24. The number of ether oxygens (including phenoxy) is 3. The van der Waals surface area contributed by atoms with Gasteiger partial charge < -0.3 is 65.3 Å².